The largest absolute Gasteiger partial charge is 0.493 e. The summed E-state index contributed by atoms with van der Waals surface area (Å²) in [5.41, 5.74) is 4.84. The van der Waals surface area contributed by atoms with E-state index in [9.17, 15) is 9.59 Å². The number of methoxy groups -OCH3 is 2. The zero-order valence-corrected chi connectivity index (χ0v) is 18.4. The van der Waals surface area contributed by atoms with Crippen molar-refractivity contribution in [2.24, 2.45) is 5.92 Å². The molecule has 3 aromatic rings. The molecule has 0 saturated carbocycles. The maximum atomic E-state index is 13.6. The summed E-state index contributed by atoms with van der Waals surface area (Å²) in [7, 11) is 3.29. The van der Waals surface area contributed by atoms with Gasteiger partial charge in [0.25, 0.3) is 0 Å². The minimum atomic E-state index is -0.0851. The van der Waals surface area contributed by atoms with Gasteiger partial charge in [0.05, 0.1) is 20.3 Å². The van der Waals surface area contributed by atoms with Crippen molar-refractivity contribution in [1.29, 1.82) is 0 Å². The quantitative estimate of drug-likeness (QED) is 0.440. The monoisotopic (exact) mass is 437 g/mol. The smallest absolute Gasteiger partial charge is 0.194 e. The van der Waals surface area contributed by atoms with Gasteiger partial charge in [0, 0.05) is 39.4 Å². The van der Waals surface area contributed by atoms with Crippen LogP contribution in [0.4, 0.5) is 5.69 Å². The highest BCUT2D eigenvalue weighted by molar-refractivity contribution is 6.29. The molecule has 5 heteroatoms. The molecule has 2 aliphatic carbocycles. The predicted octanol–water partition coefficient (Wildman–Crippen LogP) is 5.31. The van der Waals surface area contributed by atoms with Gasteiger partial charge in [0.1, 0.15) is 0 Å². The number of hydrogen-bond acceptors (Lipinski definition) is 5. The van der Waals surface area contributed by atoms with Crippen molar-refractivity contribution in [3.63, 3.8) is 0 Å². The molecular weight excluding hydrogens is 414 g/mol. The fourth-order valence-electron chi connectivity index (χ4n) is 5.75. The number of ketones is 2. The molecule has 0 unspecified atom stereocenters. The number of rotatable bonds is 3. The minimum absolute atomic E-state index is 0.0257. The molecule has 33 heavy (non-hydrogen) atoms. The van der Waals surface area contributed by atoms with Crippen LogP contribution in [0.3, 0.4) is 0 Å². The van der Waals surface area contributed by atoms with Crippen LogP contribution in [0.5, 0.6) is 11.5 Å². The molecule has 0 aromatic heterocycles. The summed E-state index contributed by atoms with van der Waals surface area (Å²) in [6.07, 6.45) is 5.22. The number of carbonyl (C=O) groups excluding carboxylic acids is 2. The Bertz CT molecular complexity index is 1360. The first-order valence-electron chi connectivity index (χ1n) is 11.1. The van der Waals surface area contributed by atoms with E-state index in [4.69, 9.17) is 9.47 Å². The van der Waals surface area contributed by atoms with Gasteiger partial charge in [-0.15, -0.1) is 0 Å². The number of benzene rings is 3. The fourth-order valence-corrected chi connectivity index (χ4v) is 5.75. The van der Waals surface area contributed by atoms with E-state index >= 15 is 0 Å². The van der Waals surface area contributed by atoms with Crippen molar-refractivity contribution >= 4 is 17.3 Å². The third kappa shape index (κ3) is 2.72. The van der Waals surface area contributed by atoms with Crippen LogP contribution in [0.2, 0.25) is 0 Å². The number of carbonyl (C=O) groups is 2. The average molecular weight is 437 g/mol. The van der Waals surface area contributed by atoms with E-state index in [-0.39, 0.29) is 29.4 Å². The van der Waals surface area contributed by atoms with Crippen molar-refractivity contribution < 1.29 is 19.1 Å². The lowest BCUT2D eigenvalue weighted by Crippen LogP contribution is -2.33. The van der Waals surface area contributed by atoms with Crippen LogP contribution >= 0.6 is 0 Å². The van der Waals surface area contributed by atoms with Crippen molar-refractivity contribution in [3.05, 3.63) is 100 Å². The molecule has 6 rings (SSSR count). The van der Waals surface area contributed by atoms with Crippen LogP contribution in [0.15, 0.2) is 66.7 Å². The molecule has 0 radical (unpaired) electrons. The van der Waals surface area contributed by atoms with Crippen molar-refractivity contribution in [3.8, 4) is 11.5 Å². The summed E-state index contributed by atoms with van der Waals surface area (Å²) in [5, 5.41) is 3.68. The highest BCUT2D eigenvalue weighted by Crippen LogP contribution is 2.54. The van der Waals surface area contributed by atoms with Crippen LogP contribution in [0.25, 0.3) is 0 Å². The number of nitrogens with one attached hydrogen (secondary N) is 1. The van der Waals surface area contributed by atoms with Gasteiger partial charge in [0.15, 0.2) is 23.1 Å². The molecule has 0 fully saturated rings. The molecule has 1 aliphatic heterocycles. The zero-order chi connectivity index (χ0) is 22.7. The number of hydrogen-bond donors (Lipinski definition) is 1. The van der Waals surface area contributed by atoms with E-state index in [0.717, 1.165) is 23.2 Å². The van der Waals surface area contributed by atoms with E-state index in [1.165, 1.54) is 0 Å². The molecule has 3 aliphatic rings. The number of fused-ring (bicyclic) bond motifs is 6. The highest BCUT2D eigenvalue weighted by atomic mass is 16.5. The predicted molar refractivity (Wildman–Crippen MR) is 126 cm³/mol. The van der Waals surface area contributed by atoms with Gasteiger partial charge in [-0.2, -0.15) is 0 Å². The lowest BCUT2D eigenvalue weighted by molar-refractivity contribution is 0.0978. The third-order valence-corrected chi connectivity index (χ3v) is 7.19. The summed E-state index contributed by atoms with van der Waals surface area (Å²) >= 11 is 0. The summed E-state index contributed by atoms with van der Waals surface area (Å²) in [4.78, 5) is 26.9. The average Bonchev–Trinajstić information content (AvgIpc) is 3.35. The summed E-state index contributed by atoms with van der Waals surface area (Å²) < 4.78 is 11.3. The van der Waals surface area contributed by atoms with Crippen LogP contribution in [0.1, 0.15) is 61.4 Å². The first-order chi connectivity index (χ1) is 16.1. The number of anilines is 1. The summed E-state index contributed by atoms with van der Waals surface area (Å²) in [6.45, 7) is 0. The third-order valence-electron chi connectivity index (χ3n) is 7.19. The second-order valence-corrected chi connectivity index (χ2v) is 8.71. The van der Waals surface area contributed by atoms with E-state index in [2.05, 4.69) is 23.5 Å². The van der Waals surface area contributed by atoms with E-state index in [1.807, 2.05) is 24.3 Å². The Hall–Kier alpha value is -3.86. The van der Waals surface area contributed by atoms with Crippen molar-refractivity contribution in [2.45, 2.75) is 18.4 Å². The Kier molecular flexibility index (Phi) is 4.40. The molecule has 0 spiro atoms. The Morgan fingerprint density at radius 3 is 2.39 bits per heavy atom. The molecule has 3 aromatic carbocycles. The van der Waals surface area contributed by atoms with Crippen LogP contribution in [0, 0.1) is 5.92 Å². The maximum Gasteiger partial charge on any atom is 0.194 e. The van der Waals surface area contributed by atoms with Gasteiger partial charge < -0.3 is 14.8 Å². The number of para-hydroxylation sites is 1. The van der Waals surface area contributed by atoms with Crippen LogP contribution in [-0.4, -0.2) is 25.8 Å². The standard InChI is InChI=1S/C28H23NO4/c1-32-22-12-6-11-20(28(22)33-2)25-16-10-5-9-15(16)23-21(29-25)14-13-19-24(23)27(31)18-8-4-3-7-17(18)26(19)30/h3-9,11-16,25,29H,10H2,1-2H3/t15-,16+,25-/m1/s1. The molecule has 1 heterocycles. The first-order valence-corrected chi connectivity index (χ1v) is 11.1. The minimum Gasteiger partial charge on any atom is -0.493 e. The van der Waals surface area contributed by atoms with Gasteiger partial charge in [-0.25, -0.2) is 0 Å². The Labute approximate surface area is 192 Å². The highest BCUT2D eigenvalue weighted by Gasteiger charge is 2.43. The van der Waals surface area contributed by atoms with Gasteiger partial charge in [-0.05, 0) is 36.1 Å². The maximum absolute atomic E-state index is 13.6. The molecule has 1 N–H and O–H groups in total. The zero-order valence-electron chi connectivity index (χ0n) is 18.4. The van der Waals surface area contributed by atoms with Gasteiger partial charge in [-0.3, -0.25) is 9.59 Å². The van der Waals surface area contributed by atoms with Crippen molar-refractivity contribution in [2.75, 3.05) is 19.5 Å². The summed E-state index contributed by atoms with van der Waals surface area (Å²) in [5.74, 6) is 1.45. The SMILES string of the molecule is COc1cccc([C@@H]2Nc3ccc4c(c3[C@@H]3C=CC[C@@H]32)C(=O)c2ccccc2C4=O)c1OC. The van der Waals surface area contributed by atoms with Crippen molar-refractivity contribution in [1.82, 2.24) is 0 Å². The van der Waals surface area contributed by atoms with Gasteiger partial charge in [-0.1, -0.05) is 48.6 Å². The Morgan fingerprint density at radius 2 is 1.64 bits per heavy atom. The normalized spacial score (nSPS) is 22.1. The molecule has 3 atom stereocenters. The topological polar surface area (TPSA) is 64.6 Å². The van der Waals surface area contributed by atoms with Crippen LogP contribution in [-0.2, 0) is 0 Å². The lowest BCUT2D eigenvalue weighted by Gasteiger charge is -2.39. The molecule has 0 saturated heterocycles. The van der Waals surface area contributed by atoms with E-state index < -0.39 is 0 Å². The first kappa shape index (κ1) is 19.8. The number of ether oxygens (including phenoxy) is 2. The van der Waals surface area contributed by atoms with Gasteiger partial charge >= 0.3 is 0 Å². The Balaban J connectivity index is 1.53. The van der Waals surface area contributed by atoms with E-state index in [0.29, 0.717) is 33.8 Å². The molecule has 0 amide bonds. The molecule has 5 nitrogen and oxygen atoms in total. The summed E-state index contributed by atoms with van der Waals surface area (Å²) in [6, 6.07) is 16.7. The molecular formula is C28H23NO4. The fraction of sp³-hybridized carbons (Fsp3) is 0.214. The second kappa shape index (κ2) is 7.34. The lowest BCUT2D eigenvalue weighted by atomic mass is 9.71. The second-order valence-electron chi connectivity index (χ2n) is 8.71. The van der Waals surface area contributed by atoms with E-state index in [1.54, 1.807) is 38.5 Å². The van der Waals surface area contributed by atoms with Crippen LogP contribution < -0.4 is 14.8 Å². The molecule has 164 valence electrons. The Morgan fingerprint density at radius 1 is 0.848 bits per heavy atom. The molecule has 0 bridgehead atoms. The van der Waals surface area contributed by atoms with Gasteiger partial charge in [0.2, 0.25) is 0 Å². The number of allylic oxidation sites excluding steroid dienone is 2.